The molecule has 1 fully saturated rings. The van der Waals surface area contributed by atoms with E-state index < -0.39 is 5.97 Å². The molecule has 5 nitrogen and oxygen atoms in total. The highest BCUT2D eigenvalue weighted by Crippen LogP contribution is 2.26. The minimum Gasteiger partial charge on any atom is -0.481 e. The van der Waals surface area contributed by atoms with Gasteiger partial charge < -0.3 is 15.2 Å². The fourth-order valence-corrected chi connectivity index (χ4v) is 2.59. The number of ether oxygens (including phenoxy) is 1. The molecular formula is C16H32N2O3. The molecule has 0 aromatic heterocycles. The molecule has 1 heterocycles. The van der Waals surface area contributed by atoms with Crippen LogP contribution in [0.5, 0.6) is 0 Å². The van der Waals surface area contributed by atoms with Crippen molar-refractivity contribution < 1.29 is 14.6 Å². The number of carboxylic acid groups (broad SMARTS) is 1. The number of morpholine rings is 1. The molecule has 0 bridgehead atoms. The van der Waals surface area contributed by atoms with E-state index in [2.05, 4.69) is 37.9 Å². The van der Waals surface area contributed by atoms with Gasteiger partial charge in [-0.25, -0.2) is 0 Å². The van der Waals surface area contributed by atoms with E-state index in [9.17, 15) is 4.79 Å². The Morgan fingerprint density at radius 2 is 2.14 bits per heavy atom. The Morgan fingerprint density at radius 1 is 1.43 bits per heavy atom. The topological polar surface area (TPSA) is 61.8 Å². The highest BCUT2D eigenvalue weighted by atomic mass is 16.5. The molecule has 1 atom stereocenters. The lowest BCUT2D eigenvalue weighted by molar-refractivity contribution is -0.137. The minimum atomic E-state index is -0.708. The first-order valence-electron chi connectivity index (χ1n) is 8.08. The van der Waals surface area contributed by atoms with Gasteiger partial charge in [-0.1, -0.05) is 13.8 Å². The lowest BCUT2D eigenvalue weighted by atomic mass is 9.84. The Hall–Kier alpha value is -0.650. The van der Waals surface area contributed by atoms with Crippen LogP contribution >= 0.6 is 0 Å². The Kier molecular flexibility index (Phi) is 7.63. The third-order valence-corrected chi connectivity index (χ3v) is 4.27. The number of nitrogens with zero attached hydrogens (tertiary/aromatic N) is 1. The largest absolute Gasteiger partial charge is 0.481 e. The number of hydrogen-bond acceptors (Lipinski definition) is 4. The van der Waals surface area contributed by atoms with E-state index >= 15 is 0 Å². The second-order valence-corrected chi connectivity index (χ2v) is 7.09. The molecule has 0 amide bonds. The third-order valence-electron chi connectivity index (χ3n) is 4.27. The maximum Gasteiger partial charge on any atom is 0.303 e. The molecule has 0 spiro atoms. The molecule has 0 aromatic rings. The Labute approximate surface area is 129 Å². The van der Waals surface area contributed by atoms with Gasteiger partial charge in [0, 0.05) is 32.1 Å². The van der Waals surface area contributed by atoms with E-state index in [0.29, 0.717) is 6.04 Å². The fraction of sp³-hybridized carbons (Fsp3) is 0.938. The van der Waals surface area contributed by atoms with Crippen molar-refractivity contribution in [2.45, 2.75) is 59.1 Å². The van der Waals surface area contributed by atoms with Crippen LogP contribution in [0.15, 0.2) is 0 Å². The van der Waals surface area contributed by atoms with Crippen LogP contribution in [-0.2, 0) is 9.53 Å². The van der Waals surface area contributed by atoms with Crippen LogP contribution in [0.4, 0.5) is 0 Å². The lowest BCUT2D eigenvalue weighted by Crippen LogP contribution is -2.49. The van der Waals surface area contributed by atoms with Crippen LogP contribution < -0.4 is 5.32 Å². The Balaban J connectivity index is 2.17. The minimum absolute atomic E-state index is 0.0722. The van der Waals surface area contributed by atoms with E-state index in [1.54, 1.807) is 0 Å². The van der Waals surface area contributed by atoms with Crippen molar-refractivity contribution in [3.63, 3.8) is 0 Å². The smallest absolute Gasteiger partial charge is 0.303 e. The summed E-state index contributed by atoms with van der Waals surface area (Å²) in [4.78, 5) is 13.1. The molecule has 0 saturated carbocycles. The molecular weight excluding hydrogens is 268 g/mol. The molecule has 0 aromatic carbocycles. The van der Waals surface area contributed by atoms with E-state index in [-0.39, 0.29) is 17.9 Å². The number of aliphatic carboxylic acids is 1. The summed E-state index contributed by atoms with van der Waals surface area (Å²) in [6.07, 6.45) is 2.23. The van der Waals surface area contributed by atoms with Crippen molar-refractivity contribution in [3.8, 4) is 0 Å². The number of carboxylic acids is 1. The van der Waals surface area contributed by atoms with Crippen LogP contribution in [0.3, 0.4) is 0 Å². The second kappa shape index (κ2) is 8.71. The van der Waals surface area contributed by atoms with Crippen molar-refractivity contribution in [1.82, 2.24) is 10.2 Å². The van der Waals surface area contributed by atoms with E-state index in [4.69, 9.17) is 9.84 Å². The zero-order valence-corrected chi connectivity index (χ0v) is 14.0. The van der Waals surface area contributed by atoms with Gasteiger partial charge in [0.25, 0.3) is 0 Å². The average molecular weight is 300 g/mol. The summed E-state index contributed by atoms with van der Waals surface area (Å²) in [5.74, 6) is -0.708. The molecule has 1 aliphatic rings. The Morgan fingerprint density at radius 3 is 2.76 bits per heavy atom. The number of carbonyl (C=O) groups is 1. The summed E-state index contributed by atoms with van der Waals surface area (Å²) in [5.41, 5.74) is 0.0722. The molecule has 1 unspecified atom stereocenters. The molecule has 0 aliphatic carbocycles. The first-order valence-corrected chi connectivity index (χ1v) is 8.08. The van der Waals surface area contributed by atoms with Crippen molar-refractivity contribution in [3.05, 3.63) is 0 Å². The van der Waals surface area contributed by atoms with Crippen molar-refractivity contribution in [1.29, 1.82) is 0 Å². The van der Waals surface area contributed by atoms with Crippen molar-refractivity contribution in [2.24, 2.45) is 5.41 Å². The molecule has 124 valence electrons. The standard InChI is InChI=1S/C16H32N2O3/c1-13(2)18-9-10-21-14(12-18)11-17-8-7-16(3,4)6-5-15(19)20/h13-14,17H,5-12H2,1-4H3,(H,19,20). The van der Waals surface area contributed by atoms with Crippen molar-refractivity contribution in [2.75, 3.05) is 32.8 Å². The molecule has 1 saturated heterocycles. The Bertz CT molecular complexity index is 319. The van der Waals surface area contributed by atoms with Gasteiger partial charge in [0.05, 0.1) is 12.7 Å². The predicted octanol–water partition coefficient (Wildman–Crippen LogP) is 1.97. The first-order chi connectivity index (χ1) is 9.80. The van der Waals surface area contributed by atoms with E-state index in [1.807, 2.05) is 0 Å². The zero-order valence-electron chi connectivity index (χ0n) is 14.0. The maximum atomic E-state index is 10.6. The van der Waals surface area contributed by atoms with Crippen LogP contribution in [0, 0.1) is 5.41 Å². The van der Waals surface area contributed by atoms with Crippen LogP contribution in [0.2, 0.25) is 0 Å². The molecule has 5 heteroatoms. The number of hydrogen-bond donors (Lipinski definition) is 2. The highest BCUT2D eigenvalue weighted by molar-refractivity contribution is 5.66. The summed E-state index contributed by atoms with van der Waals surface area (Å²) in [7, 11) is 0. The molecule has 1 rings (SSSR count). The summed E-state index contributed by atoms with van der Waals surface area (Å²) in [6.45, 7) is 13.3. The maximum absolute atomic E-state index is 10.6. The summed E-state index contributed by atoms with van der Waals surface area (Å²) in [5, 5.41) is 12.2. The monoisotopic (exact) mass is 300 g/mol. The quantitative estimate of drug-likeness (QED) is 0.638. The number of nitrogens with one attached hydrogen (secondary N) is 1. The normalized spacial score (nSPS) is 20.9. The molecule has 1 aliphatic heterocycles. The van der Waals surface area contributed by atoms with E-state index in [0.717, 1.165) is 45.6 Å². The van der Waals surface area contributed by atoms with Gasteiger partial charge in [-0.05, 0) is 38.6 Å². The summed E-state index contributed by atoms with van der Waals surface area (Å²) >= 11 is 0. The average Bonchev–Trinajstić information content (AvgIpc) is 2.42. The van der Waals surface area contributed by atoms with Gasteiger partial charge in [-0.15, -0.1) is 0 Å². The SMILES string of the molecule is CC(C)N1CCOC(CNCCC(C)(C)CCC(=O)O)C1. The van der Waals surface area contributed by atoms with Gasteiger partial charge in [0.1, 0.15) is 0 Å². The van der Waals surface area contributed by atoms with Crippen LogP contribution in [0.1, 0.15) is 47.0 Å². The fourth-order valence-electron chi connectivity index (χ4n) is 2.59. The third kappa shape index (κ3) is 7.79. The van der Waals surface area contributed by atoms with Gasteiger partial charge in [-0.3, -0.25) is 9.69 Å². The van der Waals surface area contributed by atoms with Crippen LogP contribution in [0.25, 0.3) is 0 Å². The molecule has 2 N–H and O–H groups in total. The highest BCUT2D eigenvalue weighted by Gasteiger charge is 2.22. The predicted molar refractivity (Wildman–Crippen MR) is 84.6 cm³/mol. The van der Waals surface area contributed by atoms with Gasteiger partial charge in [-0.2, -0.15) is 0 Å². The zero-order chi connectivity index (χ0) is 15.9. The number of rotatable bonds is 9. The van der Waals surface area contributed by atoms with Gasteiger partial charge >= 0.3 is 5.97 Å². The second-order valence-electron chi connectivity index (χ2n) is 7.09. The first kappa shape index (κ1) is 18.4. The van der Waals surface area contributed by atoms with Crippen LogP contribution in [-0.4, -0.2) is 60.9 Å². The van der Waals surface area contributed by atoms with Gasteiger partial charge in [0.15, 0.2) is 0 Å². The summed E-state index contributed by atoms with van der Waals surface area (Å²) in [6, 6.07) is 0.575. The van der Waals surface area contributed by atoms with Gasteiger partial charge in [0.2, 0.25) is 0 Å². The molecule has 21 heavy (non-hydrogen) atoms. The summed E-state index contributed by atoms with van der Waals surface area (Å²) < 4.78 is 5.79. The lowest BCUT2D eigenvalue weighted by Gasteiger charge is -2.35. The molecule has 0 radical (unpaired) electrons. The van der Waals surface area contributed by atoms with E-state index in [1.165, 1.54) is 0 Å². The van der Waals surface area contributed by atoms with Crippen molar-refractivity contribution >= 4 is 5.97 Å².